The molecule has 0 saturated carbocycles. The van der Waals surface area contributed by atoms with E-state index in [-0.39, 0.29) is 17.0 Å². The lowest BCUT2D eigenvalue weighted by Crippen LogP contribution is -2.20. The summed E-state index contributed by atoms with van der Waals surface area (Å²) in [4.78, 5) is 2.33. The third-order valence-electron chi connectivity index (χ3n) is 2.07. The van der Waals surface area contributed by atoms with Gasteiger partial charge in [-0.3, -0.25) is 0 Å². The van der Waals surface area contributed by atoms with Crippen molar-refractivity contribution in [2.75, 3.05) is 13.1 Å². The zero-order valence-corrected chi connectivity index (χ0v) is 9.91. The molecule has 1 rings (SSSR count). The fourth-order valence-electron chi connectivity index (χ4n) is 1.22. The van der Waals surface area contributed by atoms with Crippen LogP contribution in [0, 0.1) is 0 Å². The molecule has 0 atom stereocenters. The van der Waals surface area contributed by atoms with Gasteiger partial charge in [-0.25, -0.2) is 0 Å². The van der Waals surface area contributed by atoms with Crippen LogP contribution in [0.15, 0.2) is 36.6 Å². The highest BCUT2D eigenvalue weighted by Crippen LogP contribution is 2.08. The Kier molecular flexibility index (Phi) is 6.69. The van der Waals surface area contributed by atoms with Crippen molar-refractivity contribution in [3.05, 3.63) is 36.6 Å². The molecule has 1 nitrogen and oxygen atoms in total. The number of hydrogen-bond acceptors (Lipinski definition) is 1. The van der Waals surface area contributed by atoms with Gasteiger partial charge in [-0.15, -0.1) is 17.0 Å². The Balaban J connectivity index is 0.00000144. The smallest absolute Gasteiger partial charge is 0.0362 e. The predicted molar refractivity (Wildman–Crippen MR) is 64.2 cm³/mol. The van der Waals surface area contributed by atoms with Crippen LogP contribution in [0.4, 0.5) is 0 Å². The van der Waals surface area contributed by atoms with E-state index in [1.807, 2.05) is 6.08 Å². The number of allylic oxidation sites excluding steroid dienone is 3. The minimum atomic E-state index is 0. The average molecular weight is 244 g/mol. The molecular formula is C11H18BrN. The van der Waals surface area contributed by atoms with Crippen LogP contribution in [0.3, 0.4) is 0 Å². The molecule has 0 spiro atoms. The quantitative estimate of drug-likeness (QED) is 0.733. The lowest BCUT2D eigenvalue weighted by atomic mass is 10.2. The molecule has 0 saturated heterocycles. The molecule has 1 aliphatic heterocycles. The first-order valence-corrected chi connectivity index (χ1v) is 4.61. The number of nitrogens with zero attached hydrogens (tertiary/aromatic N) is 1. The summed E-state index contributed by atoms with van der Waals surface area (Å²) in [5.41, 5.74) is 1.24. The van der Waals surface area contributed by atoms with Crippen LogP contribution < -0.4 is 0 Å². The van der Waals surface area contributed by atoms with Crippen LogP contribution in [-0.2, 0) is 0 Å². The van der Waals surface area contributed by atoms with Crippen molar-refractivity contribution in [2.24, 2.45) is 0 Å². The topological polar surface area (TPSA) is 3.24 Å². The van der Waals surface area contributed by atoms with Gasteiger partial charge in [0.2, 0.25) is 0 Å². The zero-order chi connectivity index (χ0) is 8.81. The van der Waals surface area contributed by atoms with E-state index >= 15 is 0 Å². The second kappa shape index (κ2) is 6.96. The van der Waals surface area contributed by atoms with Crippen molar-refractivity contribution < 1.29 is 0 Å². The largest absolute Gasteiger partial charge is 0.374 e. The summed E-state index contributed by atoms with van der Waals surface area (Å²) in [5.74, 6) is 0. The molecule has 1 heterocycles. The highest BCUT2D eigenvalue weighted by Gasteiger charge is 2.00. The first-order valence-electron chi connectivity index (χ1n) is 4.61. The van der Waals surface area contributed by atoms with Gasteiger partial charge in [0.15, 0.2) is 0 Å². The van der Waals surface area contributed by atoms with Gasteiger partial charge < -0.3 is 4.90 Å². The van der Waals surface area contributed by atoms with Crippen molar-refractivity contribution in [1.29, 1.82) is 0 Å². The van der Waals surface area contributed by atoms with Gasteiger partial charge in [0.05, 0.1) is 0 Å². The van der Waals surface area contributed by atoms with Crippen LogP contribution in [-0.4, -0.2) is 18.0 Å². The molecule has 0 bridgehead atoms. The van der Waals surface area contributed by atoms with Crippen LogP contribution in [0.1, 0.15) is 19.8 Å². The Bertz CT molecular complexity index is 206. The molecule has 74 valence electrons. The second-order valence-electron chi connectivity index (χ2n) is 3.07. The van der Waals surface area contributed by atoms with Crippen molar-refractivity contribution in [2.45, 2.75) is 19.8 Å². The standard InChI is InChI=1S/C11H17N.BrH/c1-3-5-8-12-9-6-11(4-2)7-10-12;/h4,6-7,9H,2-3,5,8,10H2,1H3;1H. The van der Waals surface area contributed by atoms with Crippen LogP contribution >= 0.6 is 17.0 Å². The summed E-state index contributed by atoms with van der Waals surface area (Å²) in [6.45, 7) is 8.17. The molecule has 0 aromatic rings. The average Bonchev–Trinajstić information content (AvgIpc) is 2.15. The Morgan fingerprint density at radius 1 is 1.62 bits per heavy atom. The molecule has 0 aliphatic carbocycles. The molecular weight excluding hydrogens is 226 g/mol. The molecule has 13 heavy (non-hydrogen) atoms. The Morgan fingerprint density at radius 2 is 2.38 bits per heavy atom. The molecule has 2 heteroatoms. The number of rotatable bonds is 4. The molecule has 0 fully saturated rings. The normalized spacial score (nSPS) is 14.8. The lowest BCUT2D eigenvalue weighted by molar-refractivity contribution is 0.400. The number of hydrogen-bond donors (Lipinski definition) is 0. The third-order valence-corrected chi connectivity index (χ3v) is 2.07. The lowest BCUT2D eigenvalue weighted by Gasteiger charge is -2.21. The fraction of sp³-hybridized carbons (Fsp3) is 0.455. The van der Waals surface area contributed by atoms with Crippen molar-refractivity contribution >= 4 is 17.0 Å². The van der Waals surface area contributed by atoms with Gasteiger partial charge in [-0.05, 0) is 24.3 Å². The van der Waals surface area contributed by atoms with Crippen LogP contribution in [0.2, 0.25) is 0 Å². The molecule has 0 amide bonds. The summed E-state index contributed by atoms with van der Waals surface area (Å²) in [5, 5.41) is 0. The van der Waals surface area contributed by atoms with E-state index in [2.05, 4.69) is 36.8 Å². The van der Waals surface area contributed by atoms with Crippen molar-refractivity contribution in [3.63, 3.8) is 0 Å². The monoisotopic (exact) mass is 243 g/mol. The van der Waals surface area contributed by atoms with Gasteiger partial charge in [0.1, 0.15) is 0 Å². The molecule has 1 aliphatic rings. The first kappa shape index (κ1) is 12.5. The minimum Gasteiger partial charge on any atom is -0.374 e. The first-order chi connectivity index (χ1) is 5.86. The van der Waals surface area contributed by atoms with E-state index in [1.54, 1.807) is 0 Å². The SMILES string of the molecule is Br.C=CC1=CCN(CCCC)C=C1. The van der Waals surface area contributed by atoms with Crippen LogP contribution in [0.25, 0.3) is 0 Å². The van der Waals surface area contributed by atoms with E-state index in [4.69, 9.17) is 0 Å². The molecule has 0 N–H and O–H groups in total. The van der Waals surface area contributed by atoms with Gasteiger partial charge >= 0.3 is 0 Å². The fourth-order valence-corrected chi connectivity index (χ4v) is 1.22. The maximum atomic E-state index is 3.73. The van der Waals surface area contributed by atoms with Crippen LogP contribution in [0.5, 0.6) is 0 Å². The Morgan fingerprint density at radius 3 is 2.85 bits per heavy atom. The van der Waals surface area contributed by atoms with Gasteiger partial charge in [0.25, 0.3) is 0 Å². The summed E-state index contributed by atoms with van der Waals surface area (Å²) in [6, 6.07) is 0. The predicted octanol–water partition coefficient (Wildman–Crippen LogP) is 3.31. The summed E-state index contributed by atoms with van der Waals surface area (Å²) in [7, 11) is 0. The van der Waals surface area contributed by atoms with Gasteiger partial charge in [-0.1, -0.05) is 32.1 Å². The zero-order valence-electron chi connectivity index (χ0n) is 8.20. The van der Waals surface area contributed by atoms with Gasteiger partial charge in [0, 0.05) is 13.1 Å². The summed E-state index contributed by atoms with van der Waals surface area (Å²) < 4.78 is 0. The number of unbranched alkanes of at least 4 members (excludes halogenated alkanes) is 1. The Hall–Kier alpha value is -0.500. The van der Waals surface area contributed by atoms with Crippen molar-refractivity contribution in [3.8, 4) is 0 Å². The highest BCUT2D eigenvalue weighted by atomic mass is 79.9. The summed E-state index contributed by atoms with van der Waals surface area (Å²) in [6.07, 6.45) is 10.9. The van der Waals surface area contributed by atoms with E-state index in [1.165, 1.54) is 25.0 Å². The van der Waals surface area contributed by atoms with E-state index in [0.29, 0.717) is 0 Å². The van der Waals surface area contributed by atoms with Gasteiger partial charge in [-0.2, -0.15) is 0 Å². The molecule has 0 aromatic carbocycles. The molecule has 0 aromatic heterocycles. The van der Waals surface area contributed by atoms with E-state index in [9.17, 15) is 0 Å². The molecule has 0 unspecified atom stereocenters. The van der Waals surface area contributed by atoms with E-state index < -0.39 is 0 Å². The minimum absolute atomic E-state index is 0. The Labute approximate surface area is 91.6 Å². The molecule has 0 radical (unpaired) electrons. The maximum Gasteiger partial charge on any atom is 0.0362 e. The van der Waals surface area contributed by atoms with Crippen molar-refractivity contribution in [1.82, 2.24) is 4.90 Å². The number of halogens is 1. The second-order valence-corrected chi connectivity index (χ2v) is 3.07. The highest BCUT2D eigenvalue weighted by molar-refractivity contribution is 8.93. The van der Waals surface area contributed by atoms with E-state index in [0.717, 1.165) is 6.54 Å². The maximum absolute atomic E-state index is 3.73. The summed E-state index contributed by atoms with van der Waals surface area (Å²) >= 11 is 0. The third kappa shape index (κ3) is 4.32.